The van der Waals surface area contributed by atoms with Crippen molar-refractivity contribution in [1.82, 2.24) is 0 Å². The zero-order valence-electron chi connectivity index (χ0n) is 18.6. The molecule has 1 saturated carbocycles. The maximum absolute atomic E-state index is 12.0. The predicted octanol–water partition coefficient (Wildman–Crippen LogP) is 4.71. The number of hydrogen-bond acceptors (Lipinski definition) is 6. The Bertz CT molecular complexity index is 689. The minimum Gasteiger partial charge on any atom is -0.462 e. The number of carbonyl (C=O) groups excluding carboxylic acids is 1. The van der Waals surface area contributed by atoms with Gasteiger partial charge < -0.3 is 20.1 Å². The quantitative estimate of drug-likeness (QED) is 0.220. The minimum atomic E-state index is -0.571. The number of thiophene rings is 1. The van der Waals surface area contributed by atoms with Gasteiger partial charge in [0.1, 0.15) is 4.88 Å². The van der Waals surface area contributed by atoms with Gasteiger partial charge in [-0.05, 0) is 76.3 Å². The molecule has 0 saturated heterocycles. The number of aliphatic hydroxyl groups is 3. The first kappa shape index (κ1) is 26.3. The highest BCUT2D eigenvalue weighted by molar-refractivity contribution is 7.13. The summed E-state index contributed by atoms with van der Waals surface area (Å²) in [5, 5.41) is 29.9. The second kappa shape index (κ2) is 13.6. The Morgan fingerprint density at radius 3 is 2.81 bits per heavy atom. The Balaban J connectivity index is 1.83. The van der Waals surface area contributed by atoms with Crippen molar-refractivity contribution in [1.29, 1.82) is 0 Å². The number of esters is 1. The molecule has 0 amide bonds. The van der Waals surface area contributed by atoms with Crippen LogP contribution < -0.4 is 0 Å². The van der Waals surface area contributed by atoms with Crippen LogP contribution >= 0.6 is 22.9 Å². The highest BCUT2D eigenvalue weighted by Gasteiger charge is 2.39. The Kier molecular flexibility index (Phi) is 11.5. The van der Waals surface area contributed by atoms with E-state index in [2.05, 4.69) is 0 Å². The number of aryl methyl sites for hydroxylation is 1. The van der Waals surface area contributed by atoms with Crippen LogP contribution in [0.4, 0.5) is 0 Å². The molecular weight excluding hydrogens is 436 g/mol. The third kappa shape index (κ3) is 8.85. The maximum atomic E-state index is 12.0. The van der Waals surface area contributed by atoms with Crippen molar-refractivity contribution < 1.29 is 24.9 Å². The minimum absolute atomic E-state index is 0.0585. The van der Waals surface area contributed by atoms with Crippen molar-refractivity contribution in [2.75, 3.05) is 6.61 Å². The van der Waals surface area contributed by atoms with E-state index in [1.165, 1.54) is 11.3 Å². The van der Waals surface area contributed by atoms with Gasteiger partial charge in [-0.2, -0.15) is 0 Å². The highest BCUT2D eigenvalue weighted by Crippen LogP contribution is 2.40. The number of ether oxygens (including phenoxy) is 1. The van der Waals surface area contributed by atoms with Crippen LogP contribution in [0.15, 0.2) is 24.3 Å². The molecule has 1 aromatic rings. The molecule has 1 fully saturated rings. The van der Waals surface area contributed by atoms with Gasteiger partial charge >= 0.3 is 5.97 Å². The van der Waals surface area contributed by atoms with Gasteiger partial charge in [0.25, 0.3) is 0 Å². The Labute approximate surface area is 195 Å². The first-order chi connectivity index (χ1) is 14.8. The van der Waals surface area contributed by atoms with E-state index in [-0.39, 0.29) is 29.3 Å². The van der Waals surface area contributed by atoms with Crippen molar-refractivity contribution in [3.05, 3.63) is 34.0 Å². The van der Waals surface area contributed by atoms with Crippen LogP contribution in [-0.4, -0.2) is 51.6 Å². The second-order valence-corrected chi connectivity index (χ2v) is 10.3. The molecule has 0 aromatic carbocycles. The molecule has 7 heteroatoms. The molecule has 5 nitrogen and oxygen atoms in total. The van der Waals surface area contributed by atoms with Crippen molar-refractivity contribution in [2.24, 2.45) is 11.8 Å². The molecule has 0 unspecified atom stereocenters. The normalized spacial score (nSPS) is 25.7. The van der Waals surface area contributed by atoms with Gasteiger partial charge in [0.05, 0.1) is 24.9 Å². The van der Waals surface area contributed by atoms with E-state index >= 15 is 0 Å². The van der Waals surface area contributed by atoms with Gasteiger partial charge in [0.15, 0.2) is 0 Å². The van der Waals surface area contributed by atoms with Crippen molar-refractivity contribution in [3.8, 4) is 0 Å². The van der Waals surface area contributed by atoms with Gasteiger partial charge in [0.2, 0.25) is 0 Å². The smallest absolute Gasteiger partial charge is 0.348 e. The number of carbonyl (C=O) groups is 1. The summed E-state index contributed by atoms with van der Waals surface area (Å²) >= 11 is 8.01. The van der Waals surface area contributed by atoms with E-state index in [1.807, 2.05) is 25.1 Å². The van der Waals surface area contributed by atoms with Gasteiger partial charge in [-0.25, -0.2) is 4.79 Å². The largest absolute Gasteiger partial charge is 0.462 e. The average Bonchev–Trinajstić information content (AvgIpc) is 3.29. The van der Waals surface area contributed by atoms with Crippen LogP contribution in [0.1, 0.15) is 73.3 Å². The van der Waals surface area contributed by atoms with Crippen molar-refractivity contribution in [2.45, 2.75) is 88.9 Å². The van der Waals surface area contributed by atoms with Crippen LogP contribution in [0.5, 0.6) is 0 Å². The first-order valence-electron chi connectivity index (χ1n) is 11.4. The molecule has 1 heterocycles. The summed E-state index contributed by atoms with van der Waals surface area (Å²) < 4.78 is 5.18. The third-order valence-electron chi connectivity index (χ3n) is 5.81. The van der Waals surface area contributed by atoms with E-state index < -0.39 is 12.2 Å². The van der Waals surface area contributed by atoms with Crippen molar-refractivity contribution >= 4 is 28.9 Å². The van der Waals surface area contributed by atoms with Crippen LogP contribution in [-0.2, 0) is 11.2 Å². The Hall–Kier alpha value is -0.920. The molecular formula is C24H37ClO5S. The van der Waals surface area contributed by atoms with Crippen LogP contribution in [0, 0.1) is 11.8 Å². The number of aliphatic hydroxyl groups excluding tert-OH is 3. The molecule has 1 aliphatic carbocycles. The molecule has 0 bridgehead atoms. The second-order valence-electron chi connectivity index (χ2n) is 8.59. The predicted molar refractivity (Wildman–Crippen MR) is 126 cm³/mol. The maximum Gasteiger partial charge on any atom is 0.348 e. The third-order valence-corrected chi connectivity index (χ3v) is 7.43. The average molecular weight is 473 g/mol. The van der Waals surface area contributed by atoms with E-state index in [0.717, 1.165) is 37.0 Å². The molecule has 3 N–H and O–H groups in total. The fourth-order valence-electron chi connectivity index (χ4n) is 4.11. The molecule has 1 aromatic heterocycles. The zero-order valence-corrected chi connectivity index (χ0v) is 20.2. The molecule has 0 radical (unpaired) electrons. The molecule has 31 heavy (non-hydrogen) atoms. The summed E-state index contributed by atoms with van der Waals surface area (Å²) in [6.07, 6.45) is 8.35. The standard InChI is InChI=1S/C24H37ClO5S/c1-3-14-30-24(29)23-13-11-18(31-23)8-5-9-19-20(22(28)15-21(19)25)12-10-17(27)7-4-6-16(2)26/h10-13,16-17,19-22,26-28H,3-9,14-15H2,1-2H3/b12-10+/t16-,17+,19-,20-,21-,22-/m1/s1. The summed E-state index contributed by atoms with van der Waals surface area (Å²) in [4.78, 5) is 13.7. The zero-order chi connectivity index (χ0) is 22.8. The van der Waals surface area contributed by atoms with Crippen LogP contribution in [0.2, 0.25) is 0 Å². The van der Waals surface area contributed by atoms with E-state index in [9.17, 15) is 20.1 Å². The summed E-state index contributed by atoms with van der Waals surface area (Å²) in [6, 6.07) is 3.81. The molecule has 1 aliphatic rings. The SMILES string of the molecule is CCCOC(=O)c1ccc(CCC[C@@H]2[C@@H](/C=C/[C@@H](O)CCC[C@@H](C)O)[C@H](O)C[C@H]2Cl)s1. The lowest BCUT2D eigenvalue weighted by atomic mass is 9.89. The number of hydrogen-bond donors (Lipinski definition) is 3. The first-order valence-corrected chi connectivity index (χ1v) is 12.7. The molecule has 0 aliphatic heterocycles. The van der Waals surface area contributed by atoms with Gasteiger partial charge in [-0.15, -0.1) is 22.9 Å². The van der Waals surface area contributed by atoms with Crippen LogP contribution in [0.25, 0.3) is 0 Å². The van der Waals surface area contributed by atoms with E-state index in [0.29, 0.717) is 30.7 Å². The Morgan fingerprint density at radius 2 is 2.10 bits per heavy atom. The molecule has 6 atom stereocenters. The van der Waals surface area contributed by atoms with Crippen LogP contribution in [0.3, 0.4) is 0 Å². The fraction of sp³-hybridized carbons (Fsp3) is 0.708. The van der Waals surface area contributed by atoms with Gasteiger partial charge in [-0.1, -0.05) is 19.1 Å². The lowest BCUT2D eigenvalue weighted by Gasteiger charge is -2.21. The number of alkyl halides is 1. The lowest BCUT2D eigenvalue weighted by molar-refractivity contribution is 0.0511. The summed E-state index contributed by atoms with van der Waals surface area (Å²) in [5.74, 6) is -0.154. The fourth-order valence-corrected chi connectivity index (χ4v) is 5.53. The van der Waals surface area contributed by atoms with Gasteiger partial charge in [0, 0.05) is 16.2 Å². The summed E-state index contributed by atoms with van der Waals surface area (Å²) in [7, 11) is 0. The molecule has 2 rings (SSSR count). The topological polar surface area (TPSA) is 87.0 Å². The monoisotopic (exact) mass is 472 g/mol. The summed E-state index contributed by atoms with van der Waals surface area (Å²) in [5.41, 5.74) is 0. The van der Waals surface area contributed by atoms with Gasteiger partial charge in [-0.3, -0.25) is 0 Å². The van der Waals surface area contributed by atoms with Crippen molar-refractivity contribution in [3.63, 3.8) is 0 Å². The Morgan fingerprint density at radius 1 is 1.32 bits per heavy atom. The number of rotatable bonds is 13. The lowest BCUT2D eigenvalue weighted by Crippen LogP contribution is -2.19. The van der Waals surface area contributed by atoms with E-state index in [1.54, 1.807) is 13.0 Å². The highest BCUT2D eigenvalue weighted by atomic mass is 35.5. The number of halogens is 1. The summed E-state index contributed by atoms with van der Waals surface area (Å²) in [6.45, 7) is 4.16. The van der Waals surface area contributed by atoms with E-state index in [4.69, 9.17) is 16.3 Å². The molecule has 0 spiro atoms. The molecule has 176 valence electrons.